The molecule has 1 unspecified atom stereocenters. The zero-order valence-corrected chi connectivity index (χ0v) is 29.7. The van der Waals surface area contributed by atoms with Gasteiger partial charge in [0, 0.05) is 12.8 Å². The molecule has 0 saturated carbocycles. The standard InChI is InChI=1S/C37H61O9P/c1-3-5-7-9-11-13-14-15-16-18-19-21-24-28-34(38)29-25-23-27-31-37(40)46-35(33-45-47(41,42)43)32-44-36(39)30-26-22-20-17-12-10-8-6-4-2/h5,7,11,13,15-16,19,21,23-25,28,34-35,38H,3-4,6,8-10,12,14,17-18,20,22,26-27,29-33H2,1-2H3,(H2,41,42,43)/b7-5-,13-11-,16-15-,21-19-,25-23-,28-24-/t34?,35-/m1/s1. The fraction of sp³-hybridized carbons (Fsp3) is 0.622. The van der Waals surface area contributed by atoms with Crippen LogP contribution < -0.4 is 0 Å². The Morgan fingerprint density at radius 3 is 1.89 bits per heavy atom. The van der Waals surface area contributed by atoms with E-state index in [1.54, 1.807) is 24.3 Å². The molecule has 268 valence electrons. The molecule has 3 N–H and O–H groups in total. The van der Waals surface area contributed by atoms with E-state index in [4.69, 9.17) is 19.3 Å². The van der Waals surface area contributed by atoms with Gasteiger partial charge in [0.05, 0.1) is 12.7 Å². The van der Waals surface area contributed by atoms with E-state index in [-0.39, 0.29) is 19.4 Å². The van der Waals surface area contributed by atoms with Crippen LogP contribution in [0.15, 0.2) is 72.9 Å². The van der Waals surface area contributed by atoms with Gasteiger partial charge in [0.15, 0.2) is 6.10 Å². The Bertz CT molecular complexity index is 1010. The van der Waals surface area contributed by atoms with Crippen LogP contribution in [0, 0.1) is 0 Å². The lowest BCUT2D eigenvalue weighted by molar-refractivity contribution is -0.161. The van der Waals surface area contributed by atoms with Gasteiger partial charge in [-0.25, -0.2) is 4.57 Å². The summed E-state index contributed by atoms with van der Waals surface area (Å²) in [7, 11) is -4.79. The molecule has 0 aliphatic heterocycles. The number of unbranched alkanes of at least 4 members (excludes halogenated alkanes) is 8. The Hall–Kier alpha value is -2.55. The number of ether oxygens (including phenoxy) is 2. The van der Waals surface area contributed by atoms with Crippen molar-refractivity contribution in [3.05, 3.63) is 72.9 Å². The molecular weight excluding hydrogens is 619 g/mol. The molecule has 0 aliphatic carbocycles. The highest BCUT2D eigenvalue weighted by atomic mass is 31.2. The molecule has 0 aromatic rings. The summed E-state index contributed by atoms with van der Waals surface area (Å²) in [5, 5.41) is 10.1. The van der Waals surface area contributed by atoms with Crippen molar-refractivity contribution in [3.8, 4) is 0 Å². The van der Waals surface area contributed by atoms with Crippen molar-refractivity contribution in [3.63, 3.8) is 0 Å². The highest BCUT2D eigenvalue weighted by molar-refractivity contribution is 7.46. The van der Waals surface area contributed by atoms with Crippen LogP contribution in [0.4, 0.5) is 0 Å². The molecule has 10 heteroatoms. The van der Waals surface area contributed by atoms with Gasteiger partial charge in [-0.15, -0.1) is 0 Å². The molecule has 0 rings (SSSR count). The number of phosphoric ester groups is 1. The topological polar surface area (TPSA) is 140 Å². The number of rotatable bonds is 30. The summed E-state index contributed by atoms with van der Waals surface area (Å²) in [5.74, 6) is -1.08. The molecular formula is C37H61O9P. The van der Waals surface area contributed by atoms with Gasteiger partial charge < -0.3 is 24.4 Å². The summed E-state index contributed by atoms with van der Waals surface area (Å²) >= 11 is 0. The number of esters is 2. The van der Waals surface area contributed by atoms with Gasteiger partial charge >= 0.3 is 19.8 Å². The number of allylic oxidation sites excluding steroid dienone is 10. The number of phosphoric acid groups is 1. The van der Waals surface area contributed by atoms with E-state index in [1.165, 1.54) is 32.1 Å². The number of carbonyl (C=O) groups is 2. The first-order valence-electron chi connectivity index (χ1n) is 17.3. The van der Waals surface area contributed by atoms with Crippen LogP contribution in [0.3, 0.4) is 0 Å². The highest BCUT2D eigenvalue weighted by Crippen LogP contribution is 2.35. The third-order valence-electron chi connectivity index (χ3n) is 6.83. The van der Waals surface area contributed by atoms with Gasteiger partial charge in [-0.3, -0.25) is 14.1 Å². The zero-order valence-electron chi connectivity index (χ0n) is 28.8. The van der Waals surface area contributed by atoms with Crippen LogP contribution in [0.1, 0.15) is 123 Å². The molecule has 0 spiro atoms. The number of aliphatic hydroxyl groups is 1. The van der Waals surface area contributed by atoms with Crippen molar-refractivity contribution in [2.24, 2.45) is 0 Å². The maximum atomic E-state index is 12.3. The first-order valence-corrected chi connectivity index (χ1v) is 18.9. The molecule has 0 aromatic carbocycles. The van der Waals surface area contributed by atoms with E-state index in [1.807, 2.05) is 12.2 Å². The van der Waals surface area contributed by atoms with E-state index >= 15 is 0 Å². The minimum atomic E-state index is -4.79. The van der Waals surface area contributed by atoms with Gasteiger partial charge in [-0.1, -0.05) is 138 Å². The maximum absolute atomic E-state index is 12.3. The van der Waals surface area contributed by atoms with E-state index < -0.39 is 38.6 Å². The number of hydrogen-bond donors (Lipinski definition) is 3. The third-order valence-corrected chi connectivity index (χ3v) is 7.32. The Kier molecular flexibility index (Phi) is 30.3. The number of aliphatic hydroxyl groups excluding tert-OH is 1. The molecule has 0 bridgehead atoms. The van der Waals surface area contributed by atoms with Crippen molar-refractivity contribution in [2.75, 3.05) is 13.2 Å². The van der Waals surface area contributed by atoms with Gasteiger partial charge in [-0.2, -0.15) is 0 Å². The second kappa shape index (κ2) is 32.0. The molecule has 0 saturated heterocycles. The van der Waals surface area contributed by atoms with Crippen LogP contribution >= 0.6 is 7.82 Å². The molecule has 47 heavy (non-hydrogen) atoms. The van der Waals surface area contributed by atoms with Crippen molar-refractivity contribution in [2.45, 2.75) is 135 Å². The van der Waals surface area contributed by atoms with Crippen LogP contribution in [-0.2, 0) is 28.2 Å². The van der Waals surface area contributed by atoms with Crippen molar-refractivity contribution >= 4 is 19.8 Å². The summed E-state index contributed by atoms with van der Waals surface area (Å²) < 4.78 is 26.1. The first-order chi connectivity index (χ1) is 22.7. The van der Waals surface area contributed by atoms with Crippen LogP contribution in [0.5, 0.6) is 0 Å². The highest BCUT2D eigenvalue weighted by Gasteiger charge is 2.22. The zero-order chi connectivity index (χ0) is 34.9. The SMILES string of the molecule is CC/C=C\C/C=C\C/C=C\C/C=C\C=C/C(O)C/C=C\CCC(=O)O[C@H](COC(=O)CCCCCCCCCCC)COP(=O)(O)O. The second-order valence-electron chi connectivity index (χ2n) is 11.3. The minimum absolute atomic E-state index is 0.00316. The van der Waals surface area contributed by atoms with Gasteiger partial charge in [0.2, 0.25) is 0 Å². The quantitative estimate of drug-likeness (QED) is 0.0223. The second-order valence-corrected chi connectivity index (χ2v) is 12.6. The van der Waals surface area contributed by atoms with Crippen LogP contribution in [0.2, 0.25) is 0 Å². The lowest BCUT2D eigenvalue weighted by Crippen LogP contribution is -2.29. The summed E-state index contributed by atoms with van der Waals surface area (Å²) in [6.45, 7) is 3.36. The Morgan fingerprint density at radius 2 is 1.28 bits per heavy atom. The maximum Gasteiger partial charge on any atom is 0.469 e. The molecule has 0 heterocycles. The summed E-state index contributed by atoms with van der Waals surface area (Å²) in [4.78, 5) is 42.5. The molecule has 0 aromatic heterocycles. The molecule has 0 amide bonds. The van der Waals surface area contributed by atoms with Crippen LogP contribution in [0.25, 0.3) is 0 Å². The molecule has 2 atom stereocenters. The van der Waals surface area contributed by atoms with Crippen molar-refractivity contribution in [1.29, 1.82) is 0 Å². The summed E-state index contributed by atoms with van der Waals surface area (Å²) in [6.07, 6.45) is 36.7. The van der Waals surface area contributed by atoms with E-state index in [0.29, 0.717) is 19.3 Å². The minimum Gasteiger partial charge on any atom is -0.462 e. The smallest absolute Gasteiger partial charge is 0.462 e. The van der Waals surface area contributed by atoms with Crippen molar-refractivity contribution in [1.82, 2.24) is 0 Å². The average molecular weight is 681 g/mol. The van der Waals surface area contributed by atoms with Crippen LogP contribution in [-0.4, -0.2) is 52.3 Å². The molecule has 0 radical (unpaired) electrons. The fourth-order valence-electron chi connectivity index (χ4n) is 4.25. The van der Waals surface area contributed by atoms with E-state index in [0.717, 1.165) is 44.9 Å². The Morgan fingerprint density at radius 1 is 0.681 bits per heavy atom. The predicted molar refractivity (Wildman–Crippen MR) is 190 cm³/mol. The lowest BCUT2D eigenvalue weighted by atomic mass is 10.1. The lowest BCUT2D eigenvalue weighted by Gasteiger charge is -2.18. The third kappa shape index (κ3) is 34.6. The first kappa shape index (κ1) is 44.5. The summed E-state index contributed by atoms with van der Waals surface area (Å²) in [6, 6.07) is 0. The Balaban J connectivity index is 4.28. The monoisotopic (exact) mass is 680 g/mol. The van der Waals surface area contributed by atoms with E-state index in [9.17, 15) is 19.3 Å². The van der Waals surface area contributed by atoms with E-state index in [2.05, 4.69) is 54.8 Å². The predicted octanol–water partition coefficient (Wildman–Crippen LogP) is 8.92. The fourth-order valence-corrected chi connectivity index (χ4v) is 4.61. The molecule has 9 nitrogen and oxygen atoms in total. The molecule has 0 fully saturated rings. The van der Waals surface area contributed by atoms with Crippen molar-refractivity contribution < 1.29 is 43.0 Å². The molecule has 0 aliphatic rings. The number of hydrogen-bond acceptors (Lipinski definition) is 7. The van der Waals surface area contributed by atoms with Gasteiger partial charge in [0.1, 0.15) is 6.61 Å². The normalized spacial score (nSPS) is 14.1. The summed E-state index contributed by atoms with van der Waals surface area (Å²) in [5.41, 5.74) is 0. The largest absolute Gasteiger partial charge is 0.469 e. The number of carbonyl (C=O) groups excluding carboxylic acids is 2. The Labute approximate surface area is 283 Å². The average Bonchev–Trinajstić information content (AvgIpc) is 3.03. The van der Waals surface area contributed by atoms with Gasteiger partial charge in [0.25, 0.3) is 0 Å². The van der Waals surface area contributed by atoms with Gasteiger partial charge in [-0.05, 0) is 44.9 Å².